The first kappa shape index (κ1) is 13.6. The molecule has 3 heterocycles. The van der Waals surface area contributed by atoms with E-state index in [9.17, 15) is 4.39 Å². The second-order valence-corrected chi connectivity index (χ2v) is 5.07. The number of nitrogens with one attached hydrogen (secondary N) is 2. The molecule has 6 nitrogen and oxygen atoms in total. The smallest absolute Gasteiger partial charge is 0.306 e. The predicted octanol–water partition coefficient (Wildman–Crippen LogP) is 2.25. The maximum atomic E-state index is 13.2. The molecule has 0 radical (unpaired) electrons. The SMILES string of the molecule is CN=C1NCC=C(c2c(-c3ccc(F)cc3)nc3occn23)N1. The molecule has 1 aliphatic rings. The number of halogens is 1. The van der Waals surface area contributed by atoms with Gasteiger partial charge in [0.15, 0.2) is 5.96 Å². The van der Waals surface area contributed by atoms with Crippen LogP contribution in [0.4, 0.5) is 4.39 Å². The van der Waals surface area contributed by atoms with E-state index in [1.807, 2.05) is 10.5 Å². The van der Waals surface area contributed by atoms with E-state index in [2.05, 4.69) is 20.6 Å². The van der Waals surface area contributed by atoms with Crippen LogP contribution in [0.25, 0.3) is 22.8 Å². The molecule has 0 fully saturated rings. The van der Waals surface area contributed by atoms with Crippen molar-refractivity contribution in [2.75, 3.05) is 13.6 Å². The number of fused-ring (bicyclic) bond motifs is 1. The highest BCUT2D eigenvalue weighted by Gasteiger charge is 2.21. The number of aromatic nitrogens is 2. The summed E-state index contributed by atoms with van der Waals surface area (Å²) in [4.78, 5) is 8.67. The lowest BCUT2D eigenvalue weighted by Gasteiger charge is -2.19. The van der Waals surface area contributed by atoms with Gasteiger partial charge in [-0.3, -0.25) is 9.39 Å². The Morgan fingerprint density at radius 2 is 2.13 bits per heavy atom. The minimum absolute atomic E-state index is 0.280. The van der Waals surface area contributed by atoms with E-state index in [0.717, 1.165) is 22.6 Å². The van der Waals surface area contributed by atoms with Crippen molar-refractivity contribution in [2.45, 2.75) is 0 Å². The summed E-state index contributed by atoms with van der Waals surface area (Å²) in [5.74, 6) is 0.888. The summed E-state index contributed by atoms with van der Waals surface area (Å²) in [5.41, 5.74) is 3.26. The molecule has 116 valence electrons. The fourth-order valence-corrected chi connectivity index (χ4v) is 2.62. The number of hydrogen-bond donors (Lipinski definition) is 2. The summed E-state index contributed by atoms with van der Waals surface area (Å²) in [5, 5.41) is 6.36. The van der Waals surface area contributed by atoms with Gasteiger partial charge < -0.3 is 15.1 Å². The lowest BCUT2D eigenvalue weighted by molar-refractivity contribution is 0.596. The van der Waals surface area contributed by atoms with Crippen LogP contribution in [-0.2, 0) is 0 Å². The van der Waals surface area contributed by atoms with Crippen molar-refractivity contribution in [3.63, 3.8) is 0 Å². The fraction of sp³-hybridized carbons (Fsp3) is 0.125. The predicted molar refractivity (Wildman–Crippen MR) is 85.3 cm³/mol. The molecule has 2 N–H and O–H groups in total. The van der Waals surface area contributed by atoms with Crippen molar-refractivity contribution in [3.05, 3.63) is 54.3 Å². The number of nitrogens with zero attached hydrogens (tertiary/aromatic N) is 3. The summed E-state index contributed by atoms with van der Waals surface area (Å²) in [6.45, 7) is 0.656. The quantitative estimate of drug-likeness (QED) is 0.762. The van der Waals surface area contributed by atoms with Crippen LogP contribution in [0.5, 0.6) is 0 Å². The molecule has 0 saturated heterocycles. The highest BCUT2D eigenvalue weighted by molar-refractivity contribution is 5.93. The van der Waals surface area contributed by atoms with Crippen LogP contribution in [0.3, 0.4) is 0 Å². The third kappa shape index (κ3) is 2.26. The Kier molecular flexibility index (Phi) is 3.11. The molecule has 0 unspecified atom stereocenters. The Bertz CT molecular complexity index is 920. The molecule has 0 amide bonds. The number of hydrogen-bond acceptors (Lipinski definition) is 3. The molecular weight excluding hydrogens is 297 g/mol. The van der Waals surface area contributed by atoms with E-state index < -0.39 is 0 Å². The van der Waals surface area contributed by atoms with Crippen molar-refractivity contribution in [3.8, 4) is 11.3 Å². The minimum Gasteiger partial charge on any atom is -0.432 e. The van der Waals surface area contributed by atoms with Crippen molar-refractivity contribution in [1.82, 2.24) is 20.0 Å². The van der Waals surface area contributed by atoms with Gasteiger partial charge in [0.05, 0.1) is 11.4 Å². The van der Waals surface area contributed by atoms with E-state index in [1.54, 1.807) is 31.6 Å². The Morgan fingerprint density at radius 3 is 2.91 bits per heavy atom. The third-order valence-electron chi connectivity index (χ3n) is 3.69. The zero-order valence-electron chi connectivity index (χ0n) is 12.4. The number of oxazole rings is 1. The largest absolute Gasteiger partial charge is 0.432 e. The molecule has 7 heteroatoms. The van der Waals surface area contributed by atoms with Crippen molar-refractivity contribution >= 4 is 17.5 Å². The van der Waals surface area contributed by atoms with Gasteiger partial charge in [-0.2, -0.15) is 4.98 Å². The standard InChI is InChI=1S/C16H14FN5O/c1-18-15-19-7-6-12(20-15)14-13(10-2-4-11(17)5-3-10)21-16-22(14)8-9-23-16/h2-6,8-9H,7H2,1H3,(H2,18,19,20). The monoisotopic (exact) mass is 311 g/mol. The maximum absolute atomic E-state index is 13.2. The van der Waals surface area contributed by atoms with E-state index in [4.69, 9.17) is 4.42 Å². The van der Waals surface area contributed by atoms with E-state index in [1.165, 1.54) is 12.1 Å². The molecule has 0 saturated carbocycles. The zero-order valence-corrected chi connectivity index (χ0v) is 12.4. The fourth-order valence-electron chi connectivity index (χ4n) is 2.62. The molecule has 23 heavy (non-hydrogen) atoms. The molecule has 0 spiro atoms. The van der Waals surface area contributed by atoms with Crippen LogP contribution >= 0.6 is 0 Å². The van der Waals surface area contributed by atoms with Gasteiger partial charge in [0.1, 0.15) is 17.8 Å². The van der Waals surface area contributed by atoms with Gasteiger partial charge in [-0.1, -0.05) is 0 Å². The van der Waals surface area contributed by atoms with Crippen LogP contribution in [0.2, 0.25) is 0 Å². The van der Waals surface area contributed by atoms with E-state index in [-0.39, 0.29) is 5.82 Å². The first-order valence-electron chi connectivity index (χ1n) is 7.16. The number of guanidine groups is 1. The van der Waals surface area contributed by atoms with E-state index in [0.29, 0.717) is 18.3 Å². The van der Waals surface area contributed by atoms with Crippen LogP contribution in [0.1, 0.15) is 5.69 Å². The van der Waals surface area contributed by atoms with Gasteiger partial charge >= 0.3 is 5.84 Å². The molecule has 4 rings (SSSR count). The minimum atomic E-state index is -0.280. The number of benzene rings is 1. The summed E-state index contributed by atoms with van der Waals surface area (Å²) >= 11 is 0. The number of aliphatic imine (C=N–C) groups is 1. The summed E-state index contributed by atoms with van der Waals surface area (Å²) in [7, 11) is 1.71. The number of imidazole rings is 1. The molecule has 1 aromatic carbocycles. The first-order chi connectivity index (χ1) is 11.3. The van der Waals surface area contributed by atoms with Gasteiger partial charge in [0, 0.05) is 25.4 Å². The highest BCUT2D eigenvalue weighted by Crippen LogP contribution is 2.29. The Balaban J connectivity index is 1.90. The molecule has 2 aromatic heterocycles. The van der Waals surface area contributed by atoms with Gasteiger partial charge in [0.2, 0.25) is 0 Å². The lowest BCUT2D eigenvalue weighted by atomic mass is 10.1. The van der Waals surface area contributed by atoms with Crippen LogP contribution in [-0.4, -0.2) is 28.9 Å². The molecule has 0 atom stereocenters. The number of rotatable bonds is 2. The third-order valence-corrected chi connectivity index (χ3v) is 3.69. The second kappa shape index (κ2) is 5.28. The van der Waals surface area contributed by atoms with Crippen molar-refractivity contribution < 1.29 is 8.81 Å². The maximum Gasteiger partial charge on any atom is 0.306 e. The normalized spacial score (nSPS) is 16.3. The Hall–Kier alpha value is -3.09. The molecule has 0 aliphatic carbocycles. The van der Waals surface area contributed by atoms with Crippen molar-refractivity contribution in [2.24, 2.45) is 4.99 Å². The Labute approximate surface area is 131 Å². The topological polar surface area (TPSA) is 66.9 Å². The van der Waals surface area contributed by atoms with Gasteiger partial charge in [-0.15, -0.1) is 0 Å². The van der Waals surface area contributed by atoms with Crippen LogP contribution in [0.15, 0.2) is 52.2 Å². The van der Waals surface area contributed by atoms with Crippen LogP contribution in [0, 0.1) is 5.82 Å². The van der Waals surface area contributed by atoms with E-state index >= 15 is 0 Å². The summed E-state index contributed by atoms with van der Waals surface area (Å²) in [6.07, 6.45) is 5.40. The average Bonchev–Trinajstić information content (AvgIpc) is 3.16. The van der Waals surface area contributed by atoms with Crippen LogP contribution < -0.4 is 10.6 Å². The zero-order chi connectivity index (χ0) is 15.8. The second-order valence-electron chi connectivity index (χ2n) is 5.07. The summed E-state index contributed by atoms with van der Waals surface area (Å²) < 4.78 is 20.5. The molecular formula is C16H14FN5O. The molecule has 1 aliphatic heterocycles. The summed E-state index contributed by atoms with van der Waals surface area (Å²) in [6, 6.07) is 6.25. The molecule has 0 bridgehead atoms. The van der Waals surface area contributed by atoms with Gasteiger partial charge in [-0.25, -0.2) is 4.39 Å². The van der Waals surface area contributed by atoms with Gasteiger partial charge in [0.25, 0.3) is 0 Å². The van der Waals surface area contributed by atoms with Crippen molar-refractivity contribution in [1.29, 1.82) is 0 Å². The van der Waals surface area contributed by atoms with Gasteiger partial charge in [-0.05, 0) is 30.3 Å². The first-order valence-corrected chi connectivity index (χ1v) is 7.16. The lowest BCUT2D eigenvalue weighted by Crippen LogP contribution is -2.40. The average molecular weight is 311 g/mol. The molecule has 3 aromatic rings. The highest BCUT2D eigenvalue weighted by atomic mass is 19.1. The Morgan fingerprint density at radius 1 is 1.30 bits per heavy atom.